The van der Waals surface area contributed by atoms with Gasteiger partial charge in [0.1, 0.15) is 0 Å². The molecule has 1 fully saturated rings. The van der Waals surface area contributed by atoms with Crippen LogP contribution in [-0.2, 0) is 18.4 Å². The Balaban J connectivity index is 1.71. The number of amides is 1. The van der Waals surface area contributed by atoms with E-state index in [2.05, 4.69) is 20.9 Å². The van der Waals surface area contributed by atoms with Crippen molar-refractivity contribution >= 4 is 5.91 Å². The summed E-state index contributed by atoms with van der Waals surface area (Å²) in [6.07, 6.45) is 3.31. The highest BCUT2D eigenvalue weighted by molar-refractivity contribution is 5.78. The molecule has 1 aromatic heterocycles. The van der Waals surface area contributed by atoms with E-state index in [-0.39, 0.29) is 11.9 Å². The topological polar surface area (TPSA) is 71.8 Å². The van der Waals surface area contributed by atoms with Gasteiger partial charge in [-0.25, -0.2) is 0 Å². The van der Waals surface area contributed by atoms with Crippen LogP contribution < -0.4 is 10.6 Å². The second-order valence-corrected chi connectivity index (χ2v) is 3.78. The molecule has 1 atom stereocenters. The molecule has 82 valence electrons. The van der Waals surface area contributed by atoms with Gasteiger partial charge >= 0.3 is 0 Å². The van der Waals surface area contributed by atoms with Gasteiger partial charge in [-0.15, -0.1) is 5.10 Å². The summed E-state index contributed by atoms with van der Waals surface area (Å²) in [7, 11) is 1.86. The summed E-state index contributed by atoms with van der Waals surface area (Å²) in [5.41, 5.74) is 1.04. The van der Waals surface area contributed by atoms with Crippen LogP contribution in [0.4, 0.5) is 0 Å². The Morgan fingerprint density at radius 2 is 2.60 bits per heavy atom. The molecule has 6 nitrogen and oxygen atoms in total. The number of carbonyl (C=O) groups is 1. The van der Waals surface area contributed by atoms with Crippen LogP contribution in [0.5, 0.6) is 0 Å². The van der Waals surface area contributed by atoms with Gasteiger partial charge in [-0.05, 0) is 6.42 Å². The predicted octanol–water partition coefficient (Wildman–Crippen LogP) is -0.817. The normalized spacial score (nSPS) is 20.6. The molecule has 0 spiro atoms. The molecule has 2 heterocycles. The lowest BCUT2D eigenvalue weighted by Crippen LogP contribution is -2.35. The van der Waals surface area contributed by atoms with Crippen LogP contribution in [-0.4, -0.2) is 33.5 Å². The Hall–Kier alpha value is -1.43. The Kier molecular flexibility index (Phi) is 2.96. The molecular formula is C9H15N5O. The SMILES string of the molecule is Cn1nncc1CNCC1CCC(=O)N1. The third-order valence-corrected chi connectivity index (χ3v) is 2.59. The van der Waals surface area contributed by atoms with Crippen LogP contribution in [0.1, 0.15) is 18.5 Å². The van der Waals surface area contributed by atoms with Gasteiger partial charge in [-0.3, -0.25) is 9.48 Å². The van der Waals surface area contributed by atoms with E-state index in [9.17, 15) is 4.79 Å². The maximum Gasteiger partial charge on any atom is 0.220 e. The molecule has 1 saturated heterocycles. The highest BCUT2D eigenvalue weighted by Crippen LogP contribution is 2.05. The van der Waals surface area contributed by atoms with Crippen LogP contribution >= 0.6 is 0 Å². The summed E-state index contributed by atoms with van der Waals surface area (Å²) in [5, 5.41) is 13.8. The molecule has 6 heteroatoms. The minimum absolute atomic E-state index is 0.156. The van der Waals surface area contributed by atoms with Crippen molar-refractivity contribution in [2.45, 2.75) is 25.4 Å². The molecule has 0 radical (unpaired) electrons. The number of aromatic nitrogens is 3. The first-order valence-electron chi connectivity index (χ1n) is 5.09. The molecule has 0 aromatic carbocycles. The highest BCUT2D eigenvalue weighted by Gasteiger charge is 2.19. The standard InChI is InChI=1S/C9H15N5O/c1-14-8(6-11-13-14)5-10-4-7-2-3-9(15)12-7/h6-7,10H,2-5H2,1H3,(H,12,15). The molecule has 2 N–H and O–H groups in total. The maximum atomic E-state index is 10.9. The Labute approximate surface area is 88.0 Å². The second-order valence-electron chi connectivity index (χ2n) is 3.78. The smallest absolute Gasteiger partial charge is 0.220 e. The molecule has 1 aliphatic heterocycles. The van der Waals surface area contributed by atoms with Crippen molar-refractivity contribution in [2.24, 2.45) is 7.05 Å². The van der Waals surface area contributed by atoms with Crippen LogP contribution in [0.2, 0.25) is 0 Å². The van der Waals surface area contributed by atoms with Crippen molar-refractivity contribution in [3.8, 4) is 0 Å². The minimum atomic E-state index is 0.156. The zero-order valence-corrected chi connectivity index (χ0v) is 8.73. The average Bonchev–Trinajstić information content (AvgIpc) is 2.77. The maximum absolute atomic E-state index is 10.9. The quantitative estimate of drug-likeness (QED) is 0.680. The number of hydrogen-bond donors (Lipinski definition) is 2. The van der Waals surface area contributed by atoms with Gasteiger partial charge in [-0.2, -0.15) is 0 Å². The van der Waals surface area contributed by atoms with Crippen LogP contribution in [0.3, 0.4) is 0 Å². The molecule has 15 heavy (non-hydrogen) atoms. The fourth-order valence-electron chi connectivity index (χ4n) is 1.68. The fourth-order valence-corrected chi connectivity index (χ4v) is 1.68. The van der Waals surface area contributed by atoms with E-state index >= 15 is 0 Å². The summed E-state index contributed by atoms with van der Waals surface area (Å²) in [5.74, 6) is 0.156. The van der Waals surface area contributed by atoms with Crippen LogP contribution in [0.25, 0.3) is 0 Å². The van der Waals surface area contributed by atoms with Gasteiger partial charge in [0.25, 0.3) is 0 Å². The van der Waals surface area contributed by atoms with Crippen molar-refractivity contribution in [1.29, 1.82) is 0 Å². The highest BCUT2D eigenvalue weighted by atomic mass is 16.1. The zero-order chi connectivity index (χ0) is 10.7. The third-order valence-electron chi connectivity index (χ3n) is 2.59. The first kappa shape index (κ1) is 10.1. The molecule has 0 bridgehead atoms. The van der Waals surface area contributed by atoms with Gasteiger partial charge < -0.3 is 10.6 Å². The summed E-state index contributed by atoms with van der Waals surface area (Å²) < 4.78 is 1.74. The van der Waals surface area contributed by atoms with Crippen molar-refractivity contribution < 1.29 is 4.79 Å². The first-order valence-corrected chi connectivity index (χ1v) is 5.09. The lowest BCUT2D eigenvalue weighted by Gasteiger charge is -2.10. The third kappa shape index (κ3) is 2.53. The van der Waals surface area contributed by atoms with Crippen LogP contribution in [0.15, 0.2) is 6.20 Å². The Morgan fingerprint density at radius 1 is 1.73 bits per heavy atom. The Bertz CT molecular complexity index is 348. The Morgan fingerprint density at radius 3 is 3.20 bits per heavy atom. The van der Waals surface area contributed by atoms with E-state index in [1.54, 1.807) is 10.9 Å². The lowest BCUT2D eigenvalue weighted by atomic mass is 10.2. The molecule has 1 aromatic rings. The van der Waals surface area contributed by atoms with E-state index in [4.69, 9.17) is 0 Å². The summed E-state index contributed by atoms with van der Waals surface area (Å²) in [4.78, 5) is 10.9. The largest absolute Gasteiger partial charge is 0.352 e. The van der Waals surface area contributed by atoms with Gasteiger partial charge in [-0.1, -0.05) is 5.21 Å². The van der Waals surface area contributed by atoms with Gasteiger partial charge in [0.15, 0.2) is 0 Å². The van der Waals surface area contributed by atoms with Crippen molar-refractivity contribution in [3.63, 3.8) is 0 Å². The van der Waals surface area contributed by atoms with Crippen molar-refractivity contribution in [1.82, 2.24) is 25.6 Å². The zero-order valence-electron chi connectivity index (χ0n) is 8.73. The van der Waals surface area contributed by atoms with Gasteiger partial charge in [0.2, 0.25) is 5.91 Å². The molecule has 1 amide bonds. The predicted molar refractivity (Wildman–Crippen MR) is 53.9 cm³/mol. The number of aryl methyl sites for hydroxylation is 1. The van der Waals surface area contributed by atoms with E-state index < -0.39 is 0 Å². The molecular weight excluding hydrogens is 194 g/mol. The fraction of sp³-hybridized carbons (Fsp3) is 0.667. The molecule has 2 rings (SSSR count). The van der Waals surface area contributed by atoms with E-state index in [0.29, 0.717) is 6.42 Å². The van der Waals surface area contributed by atoms with E-state index in [1.807, 2.05) is 7.05 Å². The number of carbonyl (C=O) groups excluding carboxylic acids is 1. The van der Waals surface area contributed by atoms with Crippen LogP contribution in [0, 0.1) is 0 Å². The van der Waals surface area contributed by atoms with Crippen molar-refractivity contribution in [2.75, 3.05) is 6.54 Å². The summed E-state index contributed by atoms with van der Waals surface area (Å²) in [6.45, 7) is 1.53. The molecule has 0 aliphatic carbocycles. The molecule has 1 aliphatic rings. The molecule has 1 unspecified atom stereocenters. The summed E-state index contributed by atoms with van der Waals surface area (Å²) in [6, 6.07) is 0.277. The van der Waals surface area contributed by atoms with Gasteiger partial charge in [0.05, 0.1) is 11.9 Å². The minimum Gasteiger partial charge on any atom is -0.352 e. The number of rotatable bonds is 4. The molecule has 0 saturated carbocycles. The van der Waals surface area contributed by atoms with Crippen molar-refractivity contribution in [3.05, 3.63) is 11.9 Å². The second kappa shape index (κ2) is 4.39. The first-order chi connectivity index (χ1) is 7.25. The lowest BCUT2D eigenvalue weighted by molar-refractivity contribution is -0.119. The van der Waals surface area contributed by atoms with E-state index in [0.717, 1.165) is 25.2 Å². The van der Waals surface area contributed by atoms with E-state index in [1.165, 1.54) is 0 Å². The monoisotopic (exact) mass is 209 g/mol. The number of nitrogens with one attached hydrogen (secondary N) is 2. The van der Waals surface area contributed by atoms with Gasteiger partial charge in [0, 0.05) is 32.6 Å². The average molecular weight is 209 g/mol. The number of hydrogen-bond acceptors (Lipinski definition) is 4. The number of nitrogens with zero attached hydrogens (tertiary/aromatic N) is 3. The summed E-state index contributed by atoms with van der Waals surface area (Å²) >= 11 is 0.